The summed E-state index contributed by atoms with van der Waals surface area (Å²) in [7, 11) is 1.18. The van der Waals surface area contributed by atoms with E-state index in [1.807, 2.05) is 0 Å². The Morgan fingerprint density at radius 1 is 1.09 bits per heavy atom. The SMILES string of the molecule is COC(=O)CC(=O)NNC(=O)c1ccc(OCCC(C)C)cc1. The second-order valence-electron chi connectivity index (χ2n) is 5.31. The normalized spacial score (nSPS) is 10.1. The fraction of sp³-hybridized carbons (Fsp3) is 0.438. The van der Waals surface area contributed by atoms with Gasteiger partial charge in [0.05, 0.1) is 13.7 Å². The monoisotopic (exact) mass is 322 g/mol. The number of amides is 2. The molecule has 0 heterocycles. The number of nitrogens with one attached hydrogen (secondary N) is 2. The van der Waals surface area contributed by atoms with E-state index in [1.54, 1.807) is 24.3 Å². The molecule has 0 aliphatic heterocycles. The van der Waals surface area contributed by atoms with Crippen LogP contribution in [0.1, 0.15) is 37.0 Å². The maximum atomic E-state index is 11.8. The van der Waals surface area contributed by atoms with Crippen LogP contribution in [-0.4, -0.2) is 31.5 Å². The summed E-state index contributed by atoms with van der Waals surface area (Å²) in [5, 5.41) is 0. The van der Waals surface area contributed by atoms with Crippen LogP contribution in [0.15, 0.2) is 24.3 Å². The van der Waals surface area contributed by atoms with Gasteiger partial charge in [-0.1, -0.05) is 13.8 Å². The summed E-state index contributed by atoms with van der Waals surface area (Å²) in [6.45, 7) is 4.85. The van der Waals surface area contributed by atoms with Gasteiger partial charge in [-0.15, -0.1) is 0 Å². The molecule has 0 spiro atoms. The third-order valence-corrected chi connectivity index (χ3v) is 2.93. The van der Waals surface area contributed by atoms with Gasteiger partial charge in [-0.05, 0) is 36.6 Å². The lowest BCUT2D eigenvalue weighted by Gasteiger charge is -2.09. The molecule has 0 aliphatic carbocycles. The molecule has 23 heavy (non-hydrogen) atoms. The van der Waals surface area contributed by atoms with E-state index in [4.69, 9.17) is 4.74 Å². The Bertz CT molecular complexity index is 540. The molecule has 0 saturated carbocycles. The van der Waals surface area contributed by atoms with Crippen molar-refractivity contribution in [3.8, 4) is 5.75 Å². The van der Waals surface area contributed by atoms with Crippen molar-refractivity contribution < 1.29 is 23.9 Å². The molecule has 0 fully saturated rings. The van der Waals surface area contributed by atoms with Crippen LogP contribution in [-0.2, 0) is 14.3 Å². The van der Waals surface area contributed by atoms with Crippen molar-refractivity contribution in [1.82, 2.24) is 10.9 Å². The summed E-state index contributed by atoms with van der Waals surface area (Å²) < 4.78 is 9.90. The second kappa shape index (κ2) is 9.45. The summed E-state index contributed by atoms with van der Waals surface area (Å²) in [6, 6.07) is 6.55. The Kier molecular flexibility index (Phi) is 7.59. The predicted molar refractivity (Wildman–Crippen MR) is 83.6 cm³/mol. The average Bonchev–Trinajstić information content (AvgIpc) is 2.52. The zero-order chi connectivity index (χ0) is 17.2. The lowest BCUT2D eigenvalue weighted by molar-refractivity contribution is -0.144. The maximum Gasteiger partial charge on any atom is 0.315 e. The van der Waals surface area contributed by atoms with Crippen LogP contribution in [0.2, 0.25) is 0 Å². The highest BCUT2D eigenvalue weighted by Gasteiger charge is 2.11. The number of benzene rings is 1. The van der Waals surface area contributed by atoms with Crippen LogP contribution in [0, 0.1) is 5.92 Å². The van der Waals surface area contributed by atoms with E-state index >= 15 is 0 Å². The molecule has 0 saturated heterocycles. The molecule has 126 valence electrons. The number of carbonyl (C=O) groups is 3. The molecule has 2 N–H and O–H groups in total. The zero-order valence-corrected chi connectivity index (χ0v) is 13.5. The molecule has 0 radical (unpaired) electrons. The first-order valence-corrected chi connectivity index (χ1v) is 7.31. The van der Waals surface area contributed by atoms with Gasteiger partial charge in [0.2, 0.25) is 5.91 Å². The van der Waals surface area contributed by atoms with Crippen molar-refractivity contribution in [1.29, 1.82) is 0 Å². The Hall–Kier alpha value is -2.57. The van der Waals surface area contributed by atoms with Crippen LogP contribution >= 0.6 is 0 Å². The summed E-state index contributed by atoms with van der Waals surface area (Å²) in [5.74, 6) is -0.582. The first-order chi connectivity index (χ1) is 10.9. The smallest absolute Gasteiger partial charge is 0.315 e. The van der Waals surface area contributed by atoms with Crippen molar-refractivity contribution in [3.05, 3.63) is 29.8 Å². The van der Waals surface area contributed by atoms with E-state index in [-0.39, 0.29) is 0 Å². The van der Waals surface area contributed by atoms with Gasteiger partial charge in [0.15, 0.2) is 0 Å². The van der Waals surface area contributed by atoms with E-state index in [0.717, 1.165) is 6.42 Å². The summed E-state index contributed by atoms with van der Waals surface area (Å²) in [6.07, 6.45) is 0.494. The van der Waals surface area contributed by atoms with E-state index in [9.17, 15) is 14.4 Å². The lowest BCUT2D eigenvalue weighted by Crippen LogP contribution is -2.42. The minimum Gasteiger partial charge on any atom is -0.494 e. The van der Waals surface area contributed by atoms with E-state index < -0.39 is 24.2 Å². The van der Waals surface area contributed by atoms with Gasteiger partial charge in [-0.2, -0.15) is 0 Å². The number of hydrogen-bond donors (Lipinski definition) is 2. The summed E-state index contributed by atoms with van der Waals surface area (Å²) in [5.41, 5.74) is 4.72. The molecule has 0 unspecified atom stereocenters. The van der Waals surface area contributed by atoms with Gasteiger partial charge in [0.25, 0.3) is 5.91 Å². The minimum absolute atomic E-state index is 0.361. The van der Waals surface area contributed by atoms with Gasteiger partial charge < -0.3 is 9.47 Å². The number of hydrazine groups is 1. The molecule has 2 amide bonds. The number of rotatable bonds is 7. The standard InChI is InChI=1S/C16H22N2O5/c1-11(2)8-9-23-13-6-4-12(5-7-13)16(21)18-17-14(19)10-15(20)22-3/h4-7,11H,8-10H2,1-3H3,(H,17,19)(H,18,21). The molecular weight excluding hydrogens is 300 g/mol. The first kappa shape index (κ1) is 18.5. The quantitative estimate of drug-likeness (QED) is 0.450. The van der Waals surface area contributed by atoms with Crippen LogP contribution < -0.4 is 15.6 Å². The van der Waals surface area contributed by atoms with Gasteiger partial charge in [0, 0.05) is 5.56 Å². The highest BCUT2D eigenvalue weighted by atomic mass is 16.5. The zero-order valence-electron chi connectivity index (χ0n) is 13.5. The molecule has 0 aromatic heterocycles. The molecule has 1 rings (SSSR count). The number of methoxy groups -OCH3 is 1. The second-order valence-corrected chi connectivity index (χ2v) is 5.31. The number of esters is 1. The third-order valence-electron chi connectivity index (χ3n) is 2.93. The fourth-order valence-electron chi connectivity index (χ4n) is 1.56. The minimum atomic E-state index is -0.681. The fourth-order valence-corrected chi connectivity index (χ4v) is 1.56. The maximum absolute atomic E-state index is 11.8. The third kappa shape index (κ3) is 7.30. The molecule has 1 aromatic carbocycles. The number of carbonyl (C=O) groups excluding carboxylic acids is 3. The lowest BCUT2D eigenvalue weighted by atomic mass is 10.1. The van der Waals surface area contributed by atoms with Crippen LogP contribution in [0.25, 0.3) is 0 Å². The molecule has 1 aromatic rings. The Morgan fingerprint density at radius 2 is 1.74 bits per heavy atom. The van der Waals surface area contributed by atoms with Gasteiger partial charge in [-0.25, -0.2) is 0 Å². The molecule has 0 bridgehead atoms. The Balaban J connectivity index is 2.42. The molecule has 7 heteroatoms. The van der Waals surface area contributed by atoms with Crippen molar-refractivity contribution in [2.75, 3.05) is 13.7 Å². The topological polar surface area (TPSA) is 93.7 Å². The number of ether oxygens (including phenoxy) is 2. The first-order valence-electron chi connectivity index (χ1n) is 7.31. The van der Waals surface area contributed by atoms with Crippen LogP contribution in [0.5, 0.6) is 5.75 Å². The van der Waals surface area contributed by atoms with Gasteiger partial charge in [-0.3, -0.25) is 25.2 Å². The summed E-state index contributed by atoms with van der Waals surface area (Å²) in [4.78, 5) is 34.1. The summed E-state index contributed by atoms with van der Waals surface area (Å²) >= 11 is 0. The molecule has 7 nitrogen and oxygen atoms in total. The largest absolute Gasteiger partial charge is 0.494 e. The molecular formula is C16H22N2O5. The van der Waals surface area contributed by atoms with E-state index in [1.165, 1.54) is 7.11 Å². The molecule has 0 atom stereocenters. The van der Waals surface area contributed by atoms with Crippen LogP contribution in [0.4, 0.5) is 0 Å². The van der Waals surface area contributed by atoms with Crippen molar-refractivity contribution in [2.45, 2.75) is 26.7 Å². The van der Waals surface area contributed by atoms with E-state index in [0.29, 0.717) is 23.8 Å². The Morgan fingerprint density at radius 3 is 2.30 bits per heavy atom. The van der Waals surface area contributed by atoms with Gasteiger partial charge in [0.1, 0.15) is 12.2 Å². The highest BCUT2D eigenvalue weighted by Crippen LogP contribution is 2.13. The molecule has 0 aliphatic rings. The Labute approximate surface area is 135 Å². The van der Waals surface area contributed by atoms with Crippen molar-refractivity contribution >= 4 is 17.8 Å². The van der Waals surface area contributed by atoms with E-state index in [2.05, 4.69) is 29.4 Å². The number of hydrogen-bond acceptors (Lipinski definition) is 5. The van der Waals surface area contributed by atoms with Crippen LogP contribution in [0.3, 0.4) is 0 Å². The predicted octanol–water partition coefficient (Wildman–Crippen LogP) is 1.44. The van der Waals surface area contributed by atoms with Crippen molar-refractivity contribution in [2.24, 2.45) is 5.92 Å². The highest BCUT2D eigenvalue weighted by molar-refractivity contribution is 5.98. The van der Waals surface area contributed by atoms with Crippen molar-refractivity contribution in [3.63, 3.8) is 0 Å². The van der Waals surface area contributed by atoms with Gasteiger partial charge >= 0.3 is 5.97 Å². The average molecular weight is 322 g/mol.